The van der Waals surface area contributed by atoms with Crippen molar-refractivity contribution < 1.29 is 4.42 Å². The molecule has 0 aliphatic heterocycles. The molecule has 2 spiro atoms. The molecule has 0 unspecified atom stereocenters. The van der Waals surface area contributed by atoms with E-state index in [1.807, 2.05) is 17.4 Å². The Hall–Kier alpha value is -12.9. The van der Waals surface area contributed by atoms with Gasteiger partial charge in [0.1, 0.15) is 5.58 Å². The highest BCUT2D eigenvalue weighted by Crippen LogP contribution is 2.73. The minimum atomic E-state index is 0.144. The Labute approximate surface area is 706 Å². The third-order valence-corrected chi connectivity index (χ3v) is 31.4. The van der Waals surface area contributed by atoms with Crippen LogP contribution in [-0.4, -0.2) is 0 Å². The Kier molecular flexibility index (Phi) is 16.3. The summed E-state index contributed by atoms with van der Waals surface area (Å²) < 4.78 is 9.23. The first-order valence-corrected chi connectivity index (χ1v) is 44.8. The van der Waals surface area contributed by atoms with E-state index in [4.69, 9.17) is 4.42 Å². The summed E-state index contributed by atoms with van der Waals surface area (Å²) >= 11 is 1.88. The van der Waals surface area contributed by atoms with Crippen molar-refractivity contribution in [2.24, 2.45) is 47.3 Å². The maximum Gasteiger partial charge on any atom is 0.159 e. The number of anilines is 6. The molecule has 8 saturated carbocycles. The van der Waals surface area contributed by atoms with E-state index in [2.05, 4.69) is 380 Å². The second kappa shape index (κ2) is 27.9. The summed E-state index contributed by atoms with van der Waals surface area (Å²) in [7, 11) is 0. The number of fused-ring (bicyclic) bond motifs is 12. The lowest BCUT2D eigenvalue weighted by atomic mass is 9.42. The lowest BCUT2D eigenvalue weighted by molar-refractivity contribution is -0.0397. The molecule has 2 heterocycles. The summed E-state index contributed by atoms with van der Waals surface area (Å²) in [6.07, 6.45) is 14.1. The summed E-state index contributed by atoms with van der Waals surface area (Å²) in [5.74, 6) is 6.72. The first-order chi connectivity index (χ1) is 59.4. The van der Waals surface area contributed by atoms with Crippen LogP contribution in [-0.2, 0) is 10.8 Å². The van der Waals surface area contributed by atoms with Crippen LogP contribution in [0.2, 0.25) is 0 Å². The Bertz CT molecular complexity index is 6540. The van der Waals surface area contributed by atoms with Crippen molar-refractivity contribution in [1.29, 1.82) is 0 Å². The van der Waals surface area contributed by atoms with Crippen LogP contribution in [0.15, 0.2) is 381 Å². The predicted molar refractivity (Wildman–Crippen MR) is 502 cm³/mol. The van der Waals surface area contributed by atoms with Crippen LogP contribution in [0, 0.1) is 47.3 Å². The molecule has 0 radical (unpaired) electrons. The SMILES string of the molecule is c1ccc(-c2ccc(N(c3ccc(-c4ccc(-c5cccc6c5C5(c7ccccc7-6)C6CC7CC(C6)CC5C7)cc4)cc3)c3cccc4c3oc3ccccc34)cc2)cc1.c1ccc(-c2ccc(N(c3ccc(-c4ccc(-c5cccc6c5C5(c7ccccc7-6)C6CC7CC(C6)CC5C7)cc4)cc3)c3cccc4c3sc3ccccc34)cc2)cc1. The van der Waals surface area contributed by atoms with Gasteiger partial charge in [-0.05, 0) is 296 Å². The fraction of sp³-hybridized carbons (Fsp3) is 0.172. The van der Waals surface area contributed by atoms with Gasteiger partial charge >= 0.3 is 0 Å². The van der Waals surface area contributed by atoms with Crippen LogP contribution in [0.25, 0.3) is 131 Å². The minimum absolute atomic E-state index is 0.144. The van der Waals surface area contributed by atoms with E-state index in [9.17, 15) is 0 Å². The summed E-state index contributed by atoms with van der Waals surface area (Å²) in [6.45, 7) is 0. The molecule has 8 bridgehead atoms. The first kappa shape index (κ1) is 70.2. The molecule has 120 heavy (non-hydrogen) atoms. The standard InChI is InChI=1S/C58H45NO.C58H45NS/c2*1-2-10-39(11-3-1)41-24-28-46(29-25-41)59(54-18-9-16-52-50-13-5-7-19-55(50)60-57(52)54)47-30-26-42(27-31-47)40-20-22-43(23-21-40)48-14-8-15-51-49-12-4-6-17-53(49)58(56(48)51)44-33-37-32-38(35-44)36-45(58)34-37/h2*1-31,37-38,44-45H,32-36H2. The molecule has 0 N–H and O–H groups in total. The normalized spacial score (nSPS) is 22.1. The number of nitrogens with zero attached hydrogens (tertiary/aromatic N) is 2. The molecule has 18 aromatic rings. The Balaban J connectivity index is 0.000000133. The molecule has 10 aliphatic carbocycles. The van der Waals surface area contributed by atoms with Crippen molar-refractivity contribution in [2.45, 2.75) is 75.0 Å². The van der Waals surface area contributed by atoms with Crippen molar-refractivity contribution in [3.8, 4) is 89.0 Å². The van der Waals surface area contributed by atoms with Crippen molar-refractivity contribution in [2.75, 3.05) is 9.80 Å². The summed E-state index contributed by atoms with van der Waals surface area (Å²) in [5.41, 5.74) is 36.5. The fourth-order valence-corrected chi connectivity index (χ4v) is 26.9. The molecular weight excluding hydrogens is 1470 g/mol. The predicted octanol–water partition coefficient (Wildman–Crippen LogP) is 32.0. The van der Waals surface area contributed by atoms with Crippen molar-refractivity contribution >= 4 is 87.6 Å². The van der Waals surface area contributed by atoms with E-state index < -0.39 is 0 Å². The van der Waals surface area contributed by atoms with Gasteiger partial charge in [0, 0.05) is 59.8 Å². The van der Waals surface area contributed by atoms with Gasteiger partial charge in [-0.15, -0.1) is 11.3 Å². The molecule has 8 fully saturated rings. The first-order valence-electron chi connectivity index (χ1n) is 44.0. The quantitative estimate of drug-likeness (QED) is 0.122. The highest BCUT2D eigenvalue weighted by Gasteiger charge is 2.64. The van der Waals surface area contributed by atoms with Crippen molar-refractivity contribution in [3.05, 3.63) is 398 Å². The van der Waals surface area contributed by atoms with E-state index >= 15 is 0 Å². The van der Waals surface area contributed by atoms with Crippen LogP contribution in [0.3, 0.4) is 0 Å². The molecule has 28 rings (SSSR count). The van der Waals surface area contributed by atoms with E-state index in [0.717, 1.165) is 97.7 Å². The molecular formula is C116H90N2OS. The van der Waals surface area contributed by atoms with Gasteiger partial charge in [-0.25, -0.2) is 0 Å². The number of hydrogen-bond donors (Lipinski definition) is 0. The number of thiophene rings is 1. The average Bonchev–Trinajstić information content (AvgIpc) is 1.50. The van der Waals surface area contributed by atoms with Gasteiger partial charge in [-0.3, -0.25) is 0 Å². The summed E-state index contributed by atoms with van der Waals surface area (Å²) in [6, 6.07) is 140. The van der Waals surface area contributed by atoms with E-state index in [-0.39, 0.29) is 10.8 Å². The molecule has 2 aromatic heterocycles. The molecule has 3 nitrogen and oxygen atoms in total. The van der Waals surface area contributed by atoms with Gasteiger partial charge in [-0.1, -0.05) is 303 Å². The average molecular weight is 1560 g/mol. The summed E-state index contributed by atoms with van der Waals surface area (Å²) in [5, 5.41) is 4.87. The monoisotopic (exact) mass is 1560 g/mol. The molecule has 0 atom stereocenters. The molecule has 0 amide bonds. The maximum absolute atomic E-state index is 6.61. The molecule has 16 aromatic carbocycles. The lowest BCUT2D eigenvalue weighted by Crippen LogP contribution is -2.55. The van der Waals surface area contributed by atoms with Gasteiger partial charge in [0.05, 0.1) is 16.1 Å². The zero-order valence-electron chi connectivity index (χ0n) is 67.2. The van der Waals surface area contributed by atoms with Crippen LogP contribution in [0.1, 0.15) is 86.5 Å². The second-order valence-corrected chi connectivity index (χ2v) is 37.2. The number of rotatable bonds is 12. The number of furan rings is 1. The number of benzene rings is 16. The topological polar surface area (TPSA) is 19.6 Å². The Morgan fingerprint density at radius 2 is 0.550 bits per heavy atom. The second-order valence-electron chi connectivity index (χ2n) is 36.1. The molecule has 576 valence electrons. The third kappa shape index (κ3) is 10.9. The lowest BCUT2D eigenvalue weighted by Gasteiger charge is -2.61. The van der Waals surface area contributed by atoms with Crippen molar-refractivity contribution in [1.82, 2.24) is 0 Å². The van der Waals surface area contributed by atoms with Gasteiger partial charge in [0.25, 0.3) is 0 Å². The van der Waals surface area contributed by atoms with Gasteiger partial charge in [0.15, 0.2) is 5.58 Å². The van der Waals surface area contributed by atoms with E-state index in [1.54, 1.807) is 22.3 Å². The smallest absolute Gasteiger partial charge is 0.159 e. The molecule has 4 heteroatoms. The van der Waals surface area contributed by atoms with Crippen LogP contribution < -0.4 is 9.80 Å². The van der Waals surface area contributed by atoms with Gasteiger partial charge < -0.3 is 14.2 Å². The van der Waals surface area contributed by atoms with E-state index in [1.165, 1.54) is 179 Å². The Morgan fingerprint density at radius 3 is 1.00 bits per heavy atom. The fourth-order valence-electron chi connectivity index (χ4n) is 25.7. The zero-order chi connectivity index (χ0) is 78.7. The van der Waals surface area contributed by atoms with Crippen molar-refractivity contribution in [3.63, 3.8) is 0 Å². The van der Waals surface area contributed by atoms with Crippen LogP contribution in [0.4, 0.5) is 34.1 Å². The Morgan fingerprint density at radius 1 is 0.233 bits per heavy atom. The maximum atomic E-state index is 6.61. The summed E-state index contributed by atoms with van der Waals surface area (Å²) in [4.78, 5) is 4.77. The number of hydrogen-bond acceptors (Lipinski definition) is 4. The molecule has 0 saturated heterocycles. The van der Waals surface area contributed by atoms with Crippen LogP contribution in [0.5, 0.6) is 0 Å². The largest absolute Gasteiger partial charge is 0.454 e. The third-order valence-electron chi connectivity index (χ3n) is 30.2. The zero-order valence-corrected chi connectivity index (χ0v) is 68.0. The minimum Gasteiger partial charge on any atom is -0.454 e. The number of para-hydroxylation sites is 2. The van der Waals surface area contributed by atoms with Gasteiger partial charge in [-0.2, -0.15) is 0 Å². The highest BCUT2D eigenvalue weighted by atomic mass is 32.1. The van der Waals surface area contributed by atoms with Gasteiger partial charge in [0.2, 0.25) is 0 Å². The van der Waals surface area contributed by atoms with E-state index in [0.29, 0.717) is 0 Å². The van der Waals surface area contributed by atoms with Crippen LogP contribution >= 0.6 is 11.3 Å². The molecule has 10 aliphatic rings. The highest BCUT2D eigenvalue weighted by molar-refractivity contribution is 7.26.